The third kappa shape index (κ3) is 1.28. The second-order valence-corrected chi connectivity index (χ2v) is 4.29. The highest BCUT2D eigenvalue weighted by Crippen LogP contribution is 2.46. The standard InChI is InChI=1S/C12H14O/c1-8-2-4-9(5-3-8)10-6-11-12(7-10)13-11/h2-5,10-12H,6-7H2,1H3. The Morgan fingerprint density at radius 3 is 2.31 bits per heavy atom. The van der Waals surface area contributed by atoms with Gasteiger partial charge in [-0.2, -0.15) is 0 Å². The lowest BCUT2D eigenvalue weighted by Gasteiger charge is -2.11. The molecule has 2 unspecified atom stereocenters. The number of hydrogen-bond acceptors (Lipinski definition) is 1. The van der Waals surface area contributed by atoms with Crippen molar-refractivity contribution in [3.8, 4) is 0 Å². The predicted molar refractivity (Wildman–Crippen MR) is 51.8 cm³/mol. The molecule has 1 aliphatic heterocycles. The Bertz CT molecular complexity index is 304. The fourth-order valence-electron chi connectivity index (χ4n) is 2.36. The van der Waals surface area contributed by atoms with Crippen molar-refractivity contribution in [3.63, 3.8) is 0 Å². The molecule has 2 fully saturated rings. The van der Waals surface area contributed by atoms with Crippen molar-refractivity contribution in [1.29, 1.82) is 0 Å². The molecule has 0 radical (unpaired) electrons. The van der Waals surface area contributed by atoms with Crippen molar-refractivity contribution < 1.29 is 4.74 Å². The van der Waals surface area contributed by atoms with E-state index in [-0.39, 0.29) is 0 Å². The molecule has 68 valence electrons. The highest BCUT2D eigenvalue weighted by molar-refractivity contribution is 5.26. The van der Waals surface area contributed by atoms with Crippen LogP contribution in [0.25, 0.3) is 0 Å². The van der Waals surface area contributed by atoms with E-state index in [1.54, 1.807) is 0 Å². The third-order valence-electron chi connectivity index (χ3n) is 3.27. The number of rotatable bonds is 1. The summed E-state index contributed by atoms with van der Waals surface area (Å²) in [5.41, 5.74) is 2.85. The van der Waals surface area contributed by atoms with Gasteiger partial charge in [-0.25, -0.2) is 0 Å². The molecule has 0 amide bonds. The Labute approximate surface area is 78.7 Å². The molecule has 0 spiro atoms. The van der Waals surface area contributed by atoms with Gasteiger partial charge in [0.1, 0.15) is 0 Å². The first-order valence-electron chi connectivity index (χ1n) is 5.05. The summed E-state index contributed by atoms with van der Waals surface area (Å²) in [6.07, 6.45) is 3.69. The van der Waals surface area contributed by atoms with Gasteiger partial charge in [-0.15, -0.1) is 0 Å². The van der Waals surface area contributed by atoms with Crippen LogP contribution in [0.2, 0.25) is 0 Å². The van der Waals surface area contributed by atoms with Crippen molar-refractivity contribution in [2.24, 2.45) is 0 Å². The third-order valence-corrected chi connectivity index (χ3v) is 3.27. The zero-order valence-electron chi connectivity index (χ0n) is 7.86. The molecule has 2 aliphatic rings. The summed E-state index contributed by atoms with van der Waals surface area (Å²) in [4.78, 5) is 0. The smallest absolute Gasteiger partial charge is 0.0848 e. The zero-order chi connectivity index (χ0) is 8.84. The summed E-state index contributed by atoms with van der Waals surface area (Å²) in [5, 5.41) is 0. The molecule has 2 atom stereocenters. The average molecular weight is 174 g/mol. The SMILES string of the molecule is Cc1ccc(C2CC3OC3C2)cc1. The van der Waals surface area contributed by atoms with Crippen molar-refractivity contribution in [1.82, 2.24) is 0 Å². The van der Waals surface area contributed by atoms with Gasteiger partial charge in [0.05, 0.1) is 12.2 Å². The van der Waals surface area contributed by atoms with Crippen LogP contribution in [0.4, 0.5) is 0 Å². The Balaban J connectivity index is 1.81. The number of aryl methyl sites for hydroxylation is 1. The van der Waals surface area contributed by atoms with Crippen molar-refractivity contribution in [2.75, 3.05) is 0 Å². The van der Waals surface area contributed by atoms with E-state index in [1.807, 2.05) is 0 Å². The zero-order valence-corrected chi connectivity index (χ0v) is 7.86. The van der Waals surface area contributed by atoms with Crippen molar-refractivity contribution in [2.45, 2.75) is 37.9 Å². The van der Waals surface area contributed by atoms with Crippen LogP contribution in [0, 0.1) is 6.92 Å². The van der Waals surface area contributed by atoms with Crippen LogP contribution in [0.3, 0.4) is 0 Å². The van der Waals surface area contributed by atoms with Crippen LogP contribution in [-0.4, -0.2) is 12.2 Å². The Kier molecular flexibility index (Phi) is 1.50. The lowest BCUT2D eigenvalue weighted by Crippen LogP contribution is -1.97. The maximum atomic E-state index is 5.43. The van der Waals surface area contributed by atoms with Crippen LogP contribution >= 0.6 is 0 Å². The van der Waals surface area contributed by atoms with E-state index in [4.69, 9.17) is 4.74 Å². The van der Waals surface area contributed by atoms with Crippen LogP contribution in [0.5, 0.6) is 0 Å². The van der Waals surface area contributed by atoms with Gasteiger partial charge in [0.15, 0.2) is 0 Å². The number of epoxide rings is 1. The van der Waals surface area contributed by atoms with Gasteiger partial charge in [-0.05, 0) is 31.2 Å². The van der Waals surface area contributed by atoms with Gasteiger partial charge in [0.2, 0.25) is 0 Å². The summed E-state index contributed by atoms with van der Waals surface area (Å²) in [6, 6.07) is 8.95. The molecule has 1 aromatic carbocycles. The molecule has 1 saturated heterocycles. The molecule has 3 rings (SSSR count). The molecule has 1 nitrogen and oxygen atoms in total. The van der Waals surface area contributed by atoms with E-state index in [0.717, 1.165) is 5.92 Å². The second kappa shape index (κ2) is 2.58. The van der Waals surface area contributed by atoms with Gasteiger partial charge < -0.3 is 4.74 Å². The summed E-state index contributed by atoms with van der Waals surface area (Å²) in [7, 11) is 0. The molecular weight excluding hydrogens is 160 g/mol. The minimum Gasteiger partial charge on any atom is -0.370 e. The van der Waals surface area contributed by atoms with E-state index >= 15 is 0 Å². The lowest BCUT2D eigenvalue weighted by molar-refractivity contribution is 0.304. The predicted octanol–water partition coefficient (Wildman–Crippen LogP) is 2.64. The first-order valence-corrected chi connectivity index (χ1v) is 5.05. The van der Waals surface area contributed by atoms with Crippen LogP contribution < -0.4 is 0 Å². The quantitative estimate of drug-likeness (QED) is 0.596. The van der Waals surface area contributed by atoms with Gasteiger partial charge in [-0.3, -0.25) is 0 Å². The Morgan fingerprint density at radius 2 is 1.69 bits per heavy atom. The van der Waals surface area contributed by atoms with Crippen LogP contribution in [0.1, 0.15) is 29.9 Å². The lowest BCUT2D eigenvalue weighted by atomic mass is 9.96. The Hall–Kier alpha value is -0.820. The van der Waals surface area contributed by atoms with E-state index in [9.17, 15) is 0 Å². The topological polar surface area (TPSA) is 12.5 Å². The summed E-state index contributed by atoms with van der Waals surface area (Å²) >= 11 is 0. The molecule has 1 heteroatoms. The largest absolute Gasteiger partial charge is 0.370 e. The summed E-state index contributed by atoms with van der Waals surface area (Å²) in [6.45, 7) is 2.14. The molecule has 1 saturated carbocycles. The molecule has 1 heterocycles. The van der Waals surface area contributed by atoms with E-state index in [2.05, 4.69) is 31.2 Å². The molecule has 13 heavy (non-hydrogen) atoms. The van der Waals surface area contributed by atoms with E-state index in [1.165, 1.54) is 24.0 Å². The monoisotopic (exact) mass is 174 g/mol. The molecule has 0 N–H and O–H groups in total. The highest BCUT2D eigenvalue weighted by atomic mass is 16.6. The number of benzene rings is 1. The second-order valence-electron chi connectivity index (χ2n) is 4.29. The van der Waals surface area contributed by atoms with Gasteiger partial charge in [0.25, 0.3) is 0 Å². The van der Waals surface area contributed by atoms with Gasteiger partial charge >= 0.3 is 0 Å². The molecule has 1 aliphatic carbocycles. The average Bonchev–Trinajstić information content (AvgIpc) is 2.75. The summed E-state index contributed by atoms with van der Waals surface area (Å²) in [5.74, 6) is 0.768. The maximum absolute atomic E-state index is 5.43. The van der Waals surface area contributed by atoms with Crippen molar-refractivity contribution >= 4 is 0 Å². The number of hydrogen-bond donors (Lipinski definition) is 0. The minimum absolute atomic E-state index is 0.603. The maximum Gasteiger partial charge on any atom is 0.0848 e. The van der Waals surface area contributed by atoms with Crippen LogP contribution in [0.15, 0.2) is 24.3 Å². The summed E-state index contributed by atoms with van der Waals surface area (Å²) < 4.78 is 5.43. The fraction of sp³-hybridized carbons (Fsp3) is 0.500. The van der Waals surface area contributed by atoms with Gasteiger partial charge in [0, 0.05) is 0 Å². The van der Waals surface area contributed by atoms with Crippen molar-refractivity contribution in [3.05, 3.63) is 35.4 Å². The van der Waals surface area contributed by atoms with Crippen LogP contribution in [-0.2, 0) is 4.74 Å². The molecule has 1 aromatic rings. The Morgan fingerprint density at radius 1 is 1.08 bits per heavy atom. The first kappa shape index (κ1) is 7.57. The number of ether oxygens (including phenoxy) is 1. The van der Waals surface area contributed by atoms with E-state index in [0.29, 0.717) is 12.2 Å². The normalized spacial score (nSPS) is 35.9. The molecule has 0 aromatic heterocycles. The van der Waals surface area contributed by atoms with E-state index < -0.39 is 0 Å². The molecule has 0 bridgehead atoms. The first-order chi connectivity index (χ1) is 6.33. The molecular formula is C12H14O. The van der Waals surface area contributed by atoms with Gasteiger partial charge in [-0.1, -0.05) is 29.8 Å². The fourth-order valence-corrected chi connectivity index (χ4v) is 2.36. The highest BCUT2D eigenvalue weighted by Gasteiger charge is 2.48. The minimum atomic E-state index is 0.603. The number of fused-ring (bicyclic) bond motifs is 1.